The first kappa shape index (κ1) is 15.7. The van der Waals surface area contributed by atoms with E-state index in [9.17, 15) is 4.39 Å². The number of nitrogens with zero attached hydrogens (tertiary/aromatic N) is 2. The summed E-state index contributed by atoms with van der Waals surface area (Å²) < 4.78 is 19.6. The second-order valence-corrected chi connectivity index (χ2v) is 5.35. The fourth-order valence-corrected chi connectivity index (χ4v) is 2.01. The van der Waals surface area contributed by atoms with Crippen LogP contribution in [-0.4, -0.2) is 9.97 Å². The van der Waals surface area contributed by atoms with Crippen molar-refractivity contribution in [2.24, 2.45) is 5.84 Å². The number of nitrogens with two attached hydrogens (primary N) is 1. The second-order valence-electron chi connectivity index (χ2n) is 4.49. The molecule has 2 aromatic rings. The summed E-state index contributed by atoms with van der Waals surface area (Å²) >= 11 is 3.10. The minimum Gasteiger partial charge on any atom is -0.438 e. The maximum absolute atomic E-state index is 13.5. The van der Waals surface area contributed by atoms with Gasteiger partial charge in [-0.15, -0.1) is 0 Å². The average Bonchev–Trinajstić information content (AvgIpc) is 2.46. The molecule has 0 radical (unpaired) electrons. The Hall–Kier alpha value is -1.73. The molecule has 0 spiro atoms. The van der Waals surface area contributed by atoms with Crippen LogP contribution in [0, 0.1) is 12.7 Å². The smallest absolute Gasteiger partial charge is 0.227 e. The van der Waals surface area contributed by atoms with Gasteiger partial charge in [-0.1, -0.05) is 6.92 Å². The fourth-order valence-electron chi connectivity index (χ4n) is 1.77. The van der Waals surface area contributed by atoms with Crippen molar-refractivity contribution in [2.75, 3.05) is 5.43 Å². The van der Waals surface area contributed by atoms with E-state index < -0.39 is 5.82 Å². The maximum atomic E-state index is 13.5. The summed E-state index contributed by atoms with van der Waals surface area (Å²) in [7, 11) is 0. The van der Waals surface area contributed by atoms with Gasteiger partial charge >= 0.3 is 0 Å². The molecular weight excluding hydrogens is 339 g/mol. The number of hydrazine groups is 1. The first-order chi connectivity index (χ1) is 10.0. The molecule has 0 atom stereocenters. The number of rotatable bonds is 5. The van der Waals surface area contributed by atoms with Crippen LogP contribution in [0.5, 0.6) is 11.6 Å². The predicted octanol–water partition coefficient (Wildman–Crippen LogP) is 3.72. The summed E-state index contributed by atoms with van der Waals surface area (Å²) in [6, 6.07) is 4.53. The lowest BCUT2D eigenvalue weighted by Crippen LogP contribution is -2.13. The van der Waals surface area contributed by atoms with E-state index in [1.165, 1.54) is 6.07 Å². The van der Waals surface area contributed by atoms with Gasteiger partial charge in [0, 0.05) is 12.5 Å². The quantitative estimate of drug-likeness (QED) is 0.632. The molecule has 1 aromatic heterocycles. The third-order valence-corrected chi connectivity index (χ3v) is 3.51. The van der Waals surface area contributed by atoms with Crippen LogP contribution in [0.3, 0.4) is 0 Å². The number of benzene rings is 1. The molecule has 0 aliphatic heterocycles. The molecule has 7 heteroatoms. The van der Waals surface area contributed by atoms with Gasteiger partial charge in [0.2, 0.25) is 5.88 Å². The number of halogens is 2. The van der Waals surface area contributed by atoms with Crippen LogP contribution in [0.15, 0.2) is 22.7 Å². The number of anilines is 1. The molecular formula is C14H16BrFN4O. The van der Waals surface area contributed by atoms with E-state index in [1.807, 2.05) is 6.92 Å². The minimum absolute atomic E-state index is 0.364. The van der Waals surface area contributed by atoms with E-state index in [0.29, 0.717) is 39.7 Å². The van der Waals surface area contributed by atoms with Crippen molar-refractivity contribution in [1.29, 1.82) is 0 Å². The van der Waals surface area contributed by atoms with Gasteiger partial charge in [-0.2, -0.15) is 4.98 Å². The van der Waals surface area contributed by atoms with Crippen molar-refractivity contribution in [3.63, 3.8) is 0 Å². The largest absolute Gasteiger partial charge is 0.438 e. The van der Waals surface area contributed by atoms with Crippen LogP contribution in [0.1, 0.15) is 24.7 Å². The molecule has 0 bridgehead atoms. The fraction of sp³-hybridized carbons (Fsp3) is 0.286. The van der Waals surface area contributed by atoms with E-state index in [1.54, 1.807) is 19.1 Å². The van der Waals surface area contributed by atoms with Gasteiger partial charge in [-0.25, -0.2) is 15.2 Å². The van der Waals surface area contributed by atoms with Gasteiger partial charge < -0.3 is 10.2 Å². The molecule has 0 amide bonds. The van der Waals surface area contributed by atoms with E-state index >= 15 is 0 Å². The Bertz CT molecular complexity index is 651. The summed E-state index contributed by atoms with van der Waals surface area (Å²) in [6.07, 6.45) is 1.61. The van der Waals surface area contributed by atoms with Crippen LogP contribution in [0.25, 0.3) is 0 Å². The molecule has 0 aliphatic rings. The molecule has 2 rings (SSSR count). The number of aromatic nitrogens is 2. The monoisotopic (exact) mass is 354 g/mol. The molecule has 0 saturated carbocycles. The first-order valence-electron chi connectivity index (χ1n) is 6.52. The van der Waals surface area contributed by atoms with Gasteiger partial charge in [-0.3, -0.25) is 0 Å². The predicted molar refractivity (Wildman–Crippen MR) is 82.7 cm³/mol. The Morgan fingerprint density at radius 1 is 1.38 bits per heavy atom. The topological polar surface area (TPSA) is 73.1 Å². The van der Waals surface area contributed by atoms with Gasteiger partial charge in [0.1, 0.15) is 23.2 Å². The van der Waals surface area contributed by atoms with Crippen molar-refractivity contribution in [1.82, 2.24) is 9.97 Å². The van der Waals surface area contributed by atoms with Crippen LogP contribution in [0.2, 0.25) is 0 Å². The van der Waals surface area contributed by atoms with E-state index in [-0.39, 0.29) is 0 Å². The first-order valence-corrected chi connectivity index (χ1v) is 7.31. The molecule has 1 aromatic carbocycles. The normalized spacial score (nSPS) is 10.5. The van der Waals surface area contributed by atoms with Crippen LogP contribution in [0.4, 0.5) is 10.2 Å². The third-order valence-electron chi connectivity index (χ3n) is 2.86. The van der Waals surface area contributed by atoms with Crippen molar-refractivity contribution >= 4 is 21.7 Å². The molecule has 0 aliphatic carbocycles. The molecule has 112 valence electrons. The Balaban J connectivity index is 2.37. The Morgan fingerprint density at radius 3 is 2.76 bits per heavy atom. The number of nitrogen functional groups attached to an aromatic ring is 1. The van der Waals surface area contributed by atoms with E-state index in [4.69, 9.17) is 10.6 Å². The van der Waals surface area contributed by atoms with E-state index in [2.05, 4.69) is 31.3 Å². The number of nitrogens with one attached hydrogen (secondary N) is 1. The molecule has 3 N–H and O–H groups in total. The van der Waals surface area contributed by atoms with E-state index in [0.717, 1.165) is 6.42 Å². The van der Waals surface area contributed by atoms with Gasteiger partial charge in [0.25, 0.3) is 0 Å². The van der Waals surface area contributed by atoms with Crippen LogP contribution in [-0.2, 0) is 6.42 Å². The average molecular weight is 355 g/mol. The molecule has 5 nitrogen and oxygen atoms in total. The highest BCUT2D eigenvalue weighted by molar-refractivity contribution is 9.10. The van der Waals surface area contributed by atoms with Crippen LogP contribution < -0.4 is 16.0 Å². The molecule has 0 fully saturated rings. The van der Waals surface area contributed by atoms with Crippen molar-refractivity contribution in [3.8, 4) is 11.6 Å². The van der Waals surface area contributed by atoms with Gasteiger partial charge in [0.05, 0.1) is 10.0 Å². The Morgan fingerprint density at radius 2 is 2.14 bits per heavy atom. The number of hydrogen-bond donors (Lipinski definition) is 2. The lowest BCUT2D eigenvalue weighted by atomic mass is 10.2. The summed E-state index contributed by atoms with van der Waals surface area (Å²) in [6.45, 7) is 3.82. The Labute approximate surface area is 130 Å². The molecule has 1 heterocycles. The van der Waals surface area contributed by atoms with Crippen molar-refractivity contribution in [3.05, 3.63) is 39.9 Å². The van der Waals surface area contributed by atoms with Crippen molar-refractivity contribution < 1.29 is 9.13 Å². The number of hydrogen-bond acceptors (Lipinski definition) is 5. The summed E-state index contributed by atoms with van der Waals surface area (Å²) in [5.74, 6) is 6.92. The van der Waals surface area contributed by atoms with Gasteiger partial charge in [-0.05, 0) is 41.4 Å². The molecule has 0 unspecified atom stereocenters. The number of ether oxygens (including phenoxy) is 1. The Kier molecular flexibility index (Phi) is 5.08. The maximum Gasteiger partial charge on any atom is 0.227 e. The third kappa shape index (κ3) is 3.68. The summed E-state index contributed by atoms with van der Waals surface area (Å²) in [4.78, 5) is 8.66. The lowest BCUT2D eigenvalue weighted by Gasteiger charge is -2.12. The standard InChI is InChI=1S/C14H16BrFN4O/c1-3-4-12-18-13(20-17)8(2)14(19-12)21-9-5-6-10(15)11(16)7-9/h5-7H,3-4,17H2,1-2H3,(H,18,19,20). The van der Waals surface area contributed by atoms with Crippen molar-refractivity contribution in [2.45, 2.75) is 26.7 Å². The highest BCUT2D eigenvalue weighted by Gasteiger charge is 2.13. The highest BCUT2D eigenvalue weighted by Crippen LogP contribution is 2.29. The van der Waals surface area contributed by atoms with Crippen LogP contribution >= 0.6 is 15.9 Å². The minimum atomic E-state index is -0.398. The zero-order valence-electron chi connectivity index (χ0n) is 11.8. The second kappa shape index (κ2) is 6.82. The lowest BCUT2D eigenvalue weighted by molar-refractivity contribution is 0.449. The highest BCUT2D eigenvalue weighted by atomic mass is 79.9. The summed E-state index contributed by atoms with van der Waals surface area (Å²) in [5, 5.41) is 0. The zero-order valence-corrected chi connectivity index (χ0v) is 13.4. The number of aryl methyl sites for hydroxylation is 1. The molecule has 0 saturated heterocycles. The SMILES string of the molecule is CCCc1nc(NN)c(C)c(Oc2ccc(Br)c(F)c2)n1. The van der Waals surface area contributed by atoms with Gasteiger partial charge in [0.15, 0.2) is 0 Å². The zero-order chi connectivity index (χ0) is 15.4. The molecule has 21 heavy (non-hydrogen) atoms. The summed E-state index contributed by atoms with van der Waals surface area (Å²) in [5.41, 5.74) is 3.20.